The average molecular weight is 265 g/mol. The van der Waals surface area contributed by atoms with Crippen molar-refractivity contribution in [1.82, 2.24) is 15.1 Å². The Kier molecular flexibility index (Phi) is 4.19. The minimum absolute atomic E-state index is 0.136. The predicted molar refractivity (Wildman–Crippen MR) is 67.6 cm³/mol. The fraction of sp³-hybridized carbons (Fsp3) is 0.500. The van der Waals surface area contributed by atoms with E-state index < -0.39 is 0 Å². The summed E-state index contributed by atoms with van der Waals surface area (Å²) < 4.78 is 5.05. The Hall–Kier alpha value is -1.56. The van der Waals surface area contributed by atoms with Crippen molar-refractivity contribution in [1.29, 1.82) is 0 Å². The van der Waals surface area contributed by atoms with Crippen molar-refractivity contribution in [3.8, 4) is 0 Å². The van der Waals surface area contributed by atoms with Gasteiger partial charge in [-0.05, 0) is 13.3 Å². The van der Waals surface area contributed by atoms with Gasteiger partial charge < -0.3 is 4.52 Å². The summed E-state index contributed by atoms with van der Waals surface area (Å²) in [5.74, 6) is 1.12. The van der Waals surface area contributed by atoms with Crippen LogP contribution in [-0.2, 0) is 17.6 Å². The molecule has 2 aromatic heterocycles. The molecule has 2 aromatic rings. The van der Waals surface area contributed by atoms with E-state index in [4.69, 9.17) is 4.52 Å². The number of nitrogens with zero attached hydrogens (tertiary/aromatic N) is 3. The number of hydrogen-bond donors (Lipinski definition) is 0. The Morgan fingerprint density at radius 2 is 2.28 bits per heavy atom. The van der Waals surface area contributed by atoms with Gasteiger partial charge in [0.25, 0.3) is 0 Å². The molecule has 0 atom stereocenters. The Bertz CT molecular complexity index is 533. The molecule has 0 unspecified atom stereocenters. The van der Waals surface area contributed by atoms with E-state index in [0.717, 1.165) is 17.1 Å². The zero-order valence-electron chi connectivity index (χ0n) is 10.5. The largest absolute Gasteiger partial charge is 0.339 e. The second-order valence-electron chi connectivity index (χ2n) is 4.10. The van der Waals surface area contributed by atoms with Crippen LogP contribution in [-0.4, -0.2) is 20.9 Å². The van der Waals surface area contributed by atoms with Gasteiger partial charge in [0.2, 0.25) is 5.89 Å². The minimum atomic E-state index is 0.136. The van der Waals surface area contributed by atoms with E-state index in [1.165, 1.54) is 0 Å². The summed E-state index contributed by atoms with van der Waals surface area (Å²) >= 11 is 1.60. The molecule has 5 nitrogen and oxygen atoms in total. The summed E-state index contributed by atoms with van der Waals surface area (Å²) in [5.41, 5.74) is 0.935. The zero-order chi connectivity index (χ0) is 13.0. The fourth-order valence-electron chi connectivity index (χ4n) is 1.62. The number of Topliss-reactive ketones (excluding diaryl/α,β-unsaturated/α-hetero) is 1. The Labute approximate surface area is 109 Å². The van der Waals surface area contributed by atoms with Crippen LogP contribution in [0.4, 0.5) is 0 Å². The van der Waals surface area contributed by atoms with Crippen LogP contribution in [0.1, 0.15) is 42.2 Å². The second kappa shape index (κ2) is 5.86. The molecule has 0 amide bonds. The van der Waals surface area contributed by atoms with E-state index in [2.05, 4.69) is 15.1 Å². The standard InChI is InChI=1S/C12H15N3O2S/c1-3-4-10(16)6-12-14-11(15-17-12)5-9-7-18-8(2)13-9/h7H,3-6H2,1-2H3. The van der Waals surface area contributed by atoms with E-state index in [1.54, 1.807) is 11.3 Å². The van der Waals surface area contributed by atoms with Gasteiger partial charge in [0.05, 0.1) is 23.5 Å². The van der Waals surface area contributed by atoms with Crippen LogP contribution in [0, 0.1) is 6.92 Å². The van der Waals surface area contributed by atoms with Gasteiger partial charge in [-0.3, -0.25) is 4.79 Å². The summed E-state index contributed by atoms with van der Waals surface area (Å²) in [6.45, 7) is 3.93. The summed E-state index contributed by atoms with van der Waals surface area (Å²) in [4.78, 5) is 20.0. The highest BCUT2D eigenvalue weighted by molar-refractivity contribution is 7.09. The van der Waals surface area contributed by atoms with Crippen molar-refractivity contribution < 1.29 is 9.32 Å². The maximum absolute atomic E-state index is 11.4. The lowest BCUT2D eigenvalue weighted by molar-refractivity contribution is -0.118. The molecule has 6 heteroatoms. The van der Waals surface area contributed by atoms with E-state index in [9.17, 15) is 4.79 Å². The molecule has 0 saturated heterocycles. The molecular formula is C12H15N3O2S. The highest BCUT2D eigenvalue weighted by atomic mass is 32.1. The van der Waals surface area contributed by atoms with Crippen molar-refractivity contribution in [2.45, 2.75) is 39.5 Å². The Morgan fingerprint density at radius 3 is 2.94 bits per heavy atom. The van der Waals surface area contributed by atoms with Crippen LogP contribution in [0.2, 0.25) is 0 Å². The van der Waals surface area contributed by atoms with E-state index >= 15 is 0 Å². The molecule has 2 rings (SSSR count). The molecule has 0 spiro atoms. The molecule has 0 saturated carbocycles. The van der Waals surface area contributed by atoms with Crippen molar-refractivity contribution in [2.75, 3.05) is 0 Å². The molecule has 0 bridgehead atoms. The zero-order valence-corrected chi connectivity index (χ0v) is 11.3. The normalized spacial score (nSPS) is 10.8. The molecule has 0 fully saturated rings. The third kappa shape index (κ3) is 3.46. The van der Waals surface area contributed by atoms with Gasteiger partial charge in [0, 0.05) is 11.8 Å². The highest BCUT2D eigenvalue weighted by Crippen LogP contribution is 2.11. The number of aryl methyl sites for hydroxylation is 1. The molecule has 0 N–H and O–H groups in total. The van der Waals surface area contributed by atoms with E-state index in [-0.39, 0.29) is 12.2 Å². The van der Waals surface area contributed by atoms with Gasteiger partial charge in [-0.1, -0.05) is 12.1 Å². The second-order valence-corrected chi connectivity index (χ2v) is 5.17. The van der Waals surface area contributed by atoms with Gasteiger partial charge >= 0.3 is 0 Å². The number of ketones is 1. The first kappa shape index (κ1) is 12.9. The van der Waals surface area contributed by atoms with E-state index in [0.29, 0.717) is 24.6 Å². The minimum Gasteiger partial charge on any atom is -0.339 e. The fourth-order valence-corrected chi connectivity index (χ4v) is 2.23. The molecule has 0 aromatic carbocycles. The summed E-state index contributed by atoms with van der Waals surface area (Å²) in [5, 5.41) is 6.86. The number of aromatic nitrogens is 3. The third-order valence-corrected chi connectivity index (χ3v) is 3.22. The summed E-state index contributed by atoms with van der Waals surface area (Å²) in [6.07, 6.45) is 2.19. The first-order valence-corrected chi connectivity index (χ1v) is 6.79. The molecule has 0 radical (unpaired) electrons. The van der Waals surface area contributed by atoms with Crippen LogP contribution < -0.4 is 0 Å². The van der Waals surface area contributed by atoms with Crippen LogP contribution in [0.5, 0.6) is 0 Å². The lowest BCUT2D eigenvalue weighted by Crippen LogP contribution is -2.02. The van der Waals surface area contributed by atoms with Crippen molar-refractivity contribution in [3.05, 3.63) is 27.8 Å². The molecule has 18 heavy (non-hydrogen) atoms. The van der Waals surface area contributed by atoms with Crippen LogP contribution in [0.25, 0.3) is 0 Å². The molecule has 0 aliphatic heterocycles. The van der Waals surface area contributed by atoms with Crippen LogP contribution in [0.3, 0.4) is 0 Å². The van der Waals surface area contributed by atoms with Gasteiger partial charge in [-0.2, -0.15) is 4.98 Å². The van der Waals surface area contributed by atoms with Gasteiger partial charge in [0.15, 0.2) is 5.82 Å². The number of thiazole rings is 1. The lowest BCUT2D eigenvalue weighted by Gasteiger charge is -1.91. The van der Waals surface area contributed by atoms with E-state index in [1.807, 2.05) is 19.2 Å². The first-order valence-electron chi connectivity index (χ1n) is 5.91. The quantitative estimate of drug-likeness (QED) is 0.801. The van der Waals surface area contributed by atoms with Gasteiger partial charge in [-0.15, -0.1) is 11.3 Å². The topological polar surface area (TPSA) is 68.9 Å². The number of carbonyl (C=O) groups is 1. The third-order valence-electron chi connectivity index (χ3n) is 2.39. The lowest BCUT2D eigenvalue weighted by atomic mass is 10.2. The number of hydrogen-bond acceptors (Lipinski definition) is 6. The molecular weight excluding hydrogens is 250 g/mol. The average Bonchev–Trinajstić information content (AvgIpc) is 2.89. The molecule has 0 aliphatic rings. The number of rotatable bonds is 6. The molecule has 96 valence electrons. The Morgan fingerprint density at radius 1 is 1.44 bits per heavy atom. The molecule has 0 aliphatic carbocycles. The highest BCUT2D eigenvalue weighted by Gasteiger charge is 2.12. The molecule has 2 heterocycles. The first-order chi connectivity index (χ1) is 8.67. The van der Waals surface area contributed by atoms with Crippen molar-refractivity contribution in [3.63, 3.8) is 0 Å². The maximum Gasteiger partial charge on any atom is 0.234 e. The Balaban J connectivity index is 1.95. The van der Waals surface area contributed by atoms with Crippen molar-refractivity contribution in [2.24, 2.45) is 0 Å². The maximum atomic E-state index is 11.4. The van der Waals surface area contributed by atoms with Gasteiger partial charge in [-0.25, -0.2) is 4.98 Å². The van der Waals surface area contributed by atoms with Crippen molar-refractivity contribution >= 4 is 17.1 Å². The number of carbonyl (C=O) groups excluding carboxylic acids is 1. The van der Waals surface area contributed by atoms with Gasteiger partial charge in [0.1, 0.15) is 5.78 Å². The monoisotopic (exact) mass is 265 g/mol. The van der Waals surface area contributed by atoms with Crippen LogP contribution >= 0.6 is 11.3 Å². The summed E-state index contributed by atoms with van der Waals surface area (Å²) in [7, 11) is 0. The van der Waals surface area contributed by atoms with Crippen LogP contribution in [0.15, 0.2) is 9.90 Å². The summed E-state index contributed by atoms with van der Waals surface area (Å²) in [6, 6.07) is 0. The smallest absolute Gasteiger partial charge is 0.234 e. The SMILES string of the molecule is CCCC(=O)Cc1nc(Cc2csc(C)n2)no1. The predicted octanol–water partition coefficient (Wildman–Crippen LogP) is 2.34.